The van der Waals surface area contributed by atoms with Crippen molar-refractivity contribution in [1.82, 2.24) is 9.88 Å². The Morgan fingerprint density at radius 3 is 3.00 bits per heavy atom. The van der Waals surface area contributed by atoms with Crippen LogP contribution in [0, 0.1) is 5.92 Å². The van der Waals surface area contributed by atoms with Crippen molar-refractivity contribution < 1.29 is 4.79 Å². The summed E-state index contributed by atoms with van der Waals surface area (Å²) in [4.78, 5) is 17.5. The van der Waals surface area contributed by atoms with E-state index in [1.54, 1.807) is 12.4 Å². The number of aromatic nitrogens is 1. The summed E-state index contributed by atoms with van der Waals surface area (Å²) in [6, 6.07) is 3.89. The van der Waals surface area contributed by atoms with Crippen LogP contribution in [0.15, 0.2) is 24.5 Å². The molecule has 3 heteroatoms. The van der Waals surface area contributed by atoms with E-state index in [0.717, 1.165) is 24.4 Å². The van der Waals surface area contributed by atoms with Gasteiger partial charge >= 0.3 is 0 Å². The van der Waals surface area contributed by atoms with Gasteiger partial charge in [-0.25, -0.2) is 0 Å². The summed E-state index contributed by atoms with van der Waals surface area (Å²) in [6.45, 7) is 3.44. The van der Waals surface area contributed by atoms with Crippen molar-refractivity contribution >= 4 is 5.91 Å². The van der Waals surface area contributed by atoms with Crippen molar-refractivity contribution in [1.29, 1.82) is 0 Å². The van der Waals surface area contributed by atoms with Gasteiger partial charge < -0.3 is 4.90 Å². The Balaban J connectivity index is 2.02. The number of likely N-dealkylation sites (tertiary alicyclic amines) is 1. The van der Waals surface area contributed by atoms with Crippen LogP contribution in [0.3, 0.4) is 0 Å². The van der Waals surface area contributed by atoms with Crippen LogP contribution >= 0.6 is 0 Å². The number of nitrogens with zero attached hydrogens (tertiary/aromatic N) is 2. The second-order valence-corrected chi connectivity index (χ2v) is 3.62. The Morgan fingerprint density at radius 2 is 2.43 bits per heavy atom. The highest BCUT2D eigenvalue weighted by Gasteiger charge is 2.28. The molecule has 0 aliphatic carbocycles. The van der Waals surface area contributed by atoms with E-state index in [4.69, 9.17) is 0 Å². The average molecular weight is 189 g/mol. The second kappa shape index (κ2) is 3.78. The van der Waals surface area contributed by atoms with E-state index in [-0.39, 0.29) is 5.91 Å². The lowest BCUT2D eigenvalue weighted by Gasteiger charge is -2.15. The van der Waals surface area contributed by atoms with Crippen molar-refractivity contribution in [3.63, 3.8) is 0 Å². The lowest BCUT2D eigenvalue weighted by Crippen LogP contribution is -2.25. The number of hydrogen-bond acceptors (Lipinski definition) is 2. The molecule has 1 fully saturated rings. The largest absolute Gasteiger partial charge is 0.338 e. The van der Waals surface area contributed by atoms with Gasteiger partial charge in [0.25, 0.3) is 0 Å². The standard InChI is InChI=1S/C11H13N2O/c1-9-4-6-13(11(9)14)8-10-3-2-5-12-7-10/h2-3,5,7H,4,6,8H2,1H3. The molecular weight excluding hydrogens is 176 g/mol. The van der Waals surface area contributed by atoms with Gasteiger partial charge in [-0.05, 0) is 25.0 Å². The molecule has 0 atom stereocenters. The minimum absolute atomic E-state index is 0.189. The molecule has 2 rings (SSSR count). The van der Waals surface area contributed by atoms with Gasteiger partial charge in [0.05, 0.1) is 5.92 Å². The van der Waals surface area contributed by atoms with E-state index in [1.807, 2.05) is 24.0 Å². The molecule has 0 saturated carbocycles. The Bertz CT molecular complexity index is 323. The monoisotopic (exact) mass is 189 g/mol. The zero-order chi connectivity index (χ0) is 9.97. The predicted octanol–water partition coefficient (Wildman–Crippen LogP) is 1.41. The summed E-state index contributed by atoms with van der Waals surface area (Å²) in [7, 11) is 0. The molecule has 1 saturated heterocycles. The van der Waals surface area contributed by atoms with E-state index in [9.17, 15) is 4.79 Å². The molecule has 0 unspecified atom stereocenters. The van der Waals surface area contributed by atoms with Gasteiger partial charge in [-0.1, -0.05) is 6.07 Å². The third-order valence-electron chi connectivity index (χ3n) is 2.51. The topological polar surface area (TPSA) is 33.2 Å². The van der Waals surface area contributed by atoms with E-state index < -0.39 is 0 Å². The van der Waals surface area contributed by atoms with Crippen LogP contribution in [-0.2, 0) is 11.3 Å². The van der Waals surface area contributed by atoms with Crippen molar-refractivity contribution in [3.05, 3.63) is 36.0 Å². The van der Waals surface area contributed by atoms with Crippen molar-refractivity contribution in [2.75, 3.05) is 6.54 Å². The molecule has 73 valence electrons. The maximum atomic E-state index is 11.6. The molecular formula is C11H13N2O. The fraction of sp³-hybridized carbons (Fsp3) is 0.364. The normalized spacial score (nSPS) is 17.8. The quantitative estimate of drug-likeness (QED) is 0.704. The maximum Gasteiger partial charge on any atom is 0.229 e. The predicted molar refractivity (Wildman–Crippen MR) is 53.2 cm³/mol. The molecule has 14 heavy (non-hydrogen) atoms. The highest BCUT2D eigenvalue weighted by Crippen LogP contribution is 2.20. The van der Waals surface area contributed by atoms with Crippen LogP contribution in [-0.4, -0.2) is 22.3 Å². The number of carbonyl (C=O) groups is 1. The van der Waals surface area contributed by atoms with Gasteiger partial charge in [-0.2, -0.15) is 0 Å². The first-order valence-corrected chi connectivity index (χ1v) is 4.78. The third-order valence-corrected chi connectivity index (χ3v) is 2.51. The van der Waals surface area contributed by atoms with E-state index in [2.05, 4.69) is 4.98 Å². The lowest BCUT2D eigenvalue weighted by atomic mass is 10.1. The SMILES string of the molecule is C[C]1CCN(Cc2cccnc2)C1=O. The number of amides is 1. The van der Waals surface area contributed by atoms with Crippen molar-refractivity contribution in [2.45, 2.75) is 19.9 Å². The van der Waals surface area contributed by atoms with E-state index in [1.165, 1.54) is 0 Å². The van der Waals surface area contributed by atoms with Crippen LogP contribution < -0.4 is 0 Å². The average Bonchev–Trinajstić information content (AvgIpc) is 2.52. The first-order chi connectivity index (χ1) is 6.77. The first kappa shape index (κ1) is 9.19. The van der Waals surface area contributed by atoms with Crippen LogP contribution in [0.25, 0.3) is 0 Å². The summed E-state index contributed by atoms with van der Waals surface area (Å²) >= 11 is 0. The van der Waals surface area contributed by atoms with Crippen molar-refractivity contribution in [2.24, 2.45) is 0 Å². The Labute approximate surface area is 83.8 Å². The molecule has 1 aromatic heterocycles. The van der Waals surface area contributed by atoms with Crippen LogP contribution in [0.5, 0.6) is 0 Å². The number of pyridine rings is 1. The van der Waals surface area contributed by atoms with Gasteiger partial charge in [0.15, 0.2) is 0 Å². The Kier molecular flexibility index (Phi) is 2.48. The highest BCUT2D eigenvalue weighted by molar-refractivity contribution is 5.91. The molecule has 2 heterocycles. The number of hydrogen-bond donors (Lipinski definition) is 0. The minimum atomic E-state index is 0.189. The fourth-order valence-corrected chi connectivity index (χ4v) is 1.64. The maximum absolute atomic E-state index is 11.6. The molecule has 0 aromatic carbocycles. The summed E-state index contributed by atoms with van der Waals surface area (Å²) in [5, 5.41) is 0. The molecule has 0 bridgehead atoms. The molecule has 1 aliphatic rings. The van der Waals surface area contributed by atoms with Gasteiger partial charge in [-0.15, -0.1) is 0 Å². The number of carbonyl (C=O) groups excluding carboxylic acids is 1. The van der Waals surface area contributed by atoms with E-state index in [0.29, 0.717) is 6.54 Å². The van der Waals surface area contributed by atoms with Crippen LogP contribution in [0.1, 0.15) is 18.9 Å². The molecule has 0 spiro atoms. The molecule has 1 aliphatic heterocycles. The van der Waals surface area contributed by atoms with Gasteiger partial charge in [0.2, 0.25) is 5.91 Å². The summed E-state index contributed by atoms with van der Waals surface area (Å²) in [5.74, 6) is 1.16. The molecule has 1 aromatic rings. The molecule has 0 N–H and O–H groups in total. The van der Waals surface area contributed by atoms with Crippen LogP contribution in [0.4, 0.5) is 0 Å². The zero-order valence-corrected chi connectivity index (χ0v) is 8.23. The molecule has 1 radical (unpaired) electrons. The number of rotatable bonds is 2. The summed E-state index contributed by atoms with van der Waals surface area (Å²) in [6.07, 6.45) is 4.45. The van der Waals surface area contributed by atoms with E-state index >= 15 is 0 Å². The van der Waals surface area contributed by atoms with Crippen molar-refractivity contribution in [3.8, 4) is 0 Å². The summed E-state index contributed by atoms with van der Waals surface area (Å²) < 4.78 is 0. The molecule has 1 amide bonds. The second-order valence-electron chi connectivity index (χ2n) is 3.62. The Morgan fingerprint density at radius 1 is 1.57 bits per heavy atom. The smallest absolute Gasteiger partial charge is 0.229 e. The van der Waals surface area contributed by atoms with Gasteiger partial charge in [0, 0.05) is 25.5 Å². The van der Waals surface area contributed by atoms with Crippen LogP contribution in [0.2, 0.25) is 0 Å². The third kappa shape index (κ3) is 1.76. The Hall–Kier alpha value is -1.38. The minimum Gasteiger partial charge on any atom is -0.338 e. The molecule has 3 nitrogen and oxygen atoms in total. The van der Waals surface area contributed by atoms with Gasteiger partial charge in [0.1, 0.15) is 0 Å². The zero-order valence-electron chi connectivity index (χ0n) is 8.23. The lowest BCUT2D eigenvalue weighted by molar-refractivity contribution is -0.126. The first-order valence-electron chi connectivity index (χ1n) is 4.78. The highest BCUT2D eigenvalue weighted by atomic mass is 16.2. The van der Waals surface area contributed by atoms with Gasteiger partial charge in [-0.3, -0.25) is 9.78 Å². The fourth-order valence-electron chi connectivity index (χ4n) is 1.64. The summed E-state index contributed by atoms with van der Waals surface area (Å²) in [5.41, 5.74) is 1.09.